The number of rotatable bonds is 8. The third-order valence-corrected chi connectivity index (χ3v) is 5.51. The lowest BCUT2D eigenvalue weighted by Crippen LogP contribution is -2.36. The zero-order valence-electron chi connectivity index (χ0n) is 19.7. The van der Waals surface area contributed by atoms with Crippen molar-refractivity contribution in [2.75, 3.05) is 98.5 Å². The Morgan fingerprint density at radius 1 is 0.448 bits per heavy atom. The second-order valence-corrected chi connectivity index (χ2v) is 8.07. The number of nitrogens with zero attached hydrogens (tertiary/aromatic N) is 3. The first-order chi connectivity index (χ1) is 14.3. The summed E-state index contributed by atoms with van der Waals surface area (Å²) in [6.07, 6.45) is 6.54. The minimum Gasteiger partial charge on any atom is -0.379 e. The summed E-state index contributed by atoms with van der Waals surface area (Å²) in [5, 5.41) is 0. The highest BCUT2D eigenvalue weighted by Gasteiger charge is 2.09. The lowest BCUT2D eigenvalue weighted by atomic mass is 10.3. The van der Waals surface area contributed by atoms with Crippen LogP contribution in [0.3, 0.4) is 0 Å². The average Bonchev–Trinajstić information content (AvgIpc) is 2.79. The van der Waals surface area contributed by atoms with Gasteiger partial charge < -0.3 is 14.2 Å². The lowest BCUT2D eigenvalue weighted by Gasteiger charge is -2.26. The van der Waals surface area contributed by atoms with Gasteiger partial charge in [-0.2, -0.15) is 0 Å². The standard InChI is InChI=1S/2C8H17NO.C7H15NO/c2*1-2-3-4-9-5-7-10-8-6-9;1-2-3-8-4-6-9-7-5-8/h2*2-8H2,1H3;2-7H2,1H3. The van der Waals surface area contributed by atoms with Crippen molar-refractivity contribution in [1.29, 1.82) is 0 Å². The maximum atomic E-state index is 5.24. The van der Waals surface area contributed by atoms with Crippen molar-refractivity contribution in [1.82, 2.24) is 14.7 Å². The van der Waals surface area contributed by atoms with Crippen LogP contribution in [0.25, 0.3) is 0 Å². The monoisotopic (exact) mass is 415 g/mol. The Hall–Kier alpha value is -0.240. The highest BCUT2D eigenvalue weighted by molar-refractivity contribution is 4.61. The van der Waals surface area contributed by atoms with Crippen LogP contribution in [-0.4, -0.2) is 113 Å². The summed E-state index contributed by atoms with van der Waals surface area (Å²) >= 11 is 0. The Kier molecular flexibility index (Phi) is 18.2. The van der Waals surface area contributed by atoms with Crippen LogP contribution in [0.15, 0.2) is 0 Å². The molecule has 0 aromatic heterocycles. The summed E-state index contributed by atoms with van der Waals surface area (Å²) in [5.74, 6) is 0. The van der Waals surface area contributed by atoms with E-state index in [1.807, 2.05) is 0 Å². The van der Waals surface area contributed by atoms with Gasteiger partial charge >= 0.3 is 0 Å². The lowest BCUT2D eigenvalue weighted by molar-refractivity contribution is 0.0373. The van der Waals surface area contributed by atoms with Crippen LogP contribution in [0, 0.1) is 0 Å². The molecular formula is C23H49N3O3. The van der Waals surface area contributed by atoms with E-state index in [0.717, 1.165) is 78.9 Å². The molecule has 3 aliphatic rings. The quantitative estimate of drug-likeness (QED) is 0.607. The molecule has 3 saturated heterocycles. The number of hydrogen-bond acceptors (Lipinski definition) is 6. The molecule has 0 aliphatic carbocycles. The molecule has 6 nitrogen and oxygen atoms in total. The molecule has 0 bridgehead atoms. The van der Waals surface area contributed by atoms with Gasteiger partial charge in [0.2, 0.25) is 0 Å². The maximum absolute atomic E-state index is 5.24. The molecule has 3 fully saturated rings. The van der Waals surface area contributed by atoms with E-state index in [2.05, 4.69) is 35.5 Å². The summed E-state index contributed by atoms with van der Waals surface area (Å²) in [5.41, 5.74) is 0. The van der Waals surface area contributed by atoms with Crippen LogP contribution < -0.4 is 0 Å². The van der Waals surface area contributed by atoms with Gasteiger partial charge in [-0.05, 0) is 38.9 Å². The molecule has 6 heteroatoms. The first-order valence-electron chi connectivity index (χ1n) is 12.2. The van der Waals surface area contributed by atoms with Crippen LogP contribution in [0.5, 0.6) is 0 Å². The minimum atomic E-state index is 0.931. The molecule has 0 aromatic carbocycles. The number of hydrogen-bond donors (Lipinski definition) is 0. The van der Waals surface area contributed by atoms with Gasteiger partial charge in [-0.3, -0.25) is 14.7 Å². The van der Waals surface area contributed by atoms with Crippen molar-refractivity contribution in [3.05, 3.63) is 0 Å². The molecule has 174 valence electrons. The van der Waals surface area contributed by atoms with E-state index >= 15 is 0 Å². The fourth-order valence-electron chi connectivity index (χ4n) is 3.55. The Bertz CT molecular complexity index is 305. The SMILES string of the molecule is CCCCN1CCOCC1.CCCCN1CCOCC1.CCCN1CCOCC1. The highest BCUT2D eigenvalue weighted by atomic mass is 16.5. The van der Waals surface area contributed by atoms with Gasteiger partial charge in [0.25, 0.3) is 0 Å². The molecule has 0 radical (unpaired) electrons. The van der Waals surface area contributed by atoms with E-state index in [0.29, 0.717) is 0 Å². The summed E-state index contributed by atoms with van der Waals surface area (Å²) in [7, 11) is 0. The molecule has 29 heavy (non-hydrogen) atoms. The highest BCUT2D eigenvalue weighted by Crippen LogP contribution is 2.00. The molecule has 0 unspecified atom stereocenters. The molecule has 0 amide bonds. The Morgan fingerprint density at radius 3 is 1.03 bits per heavy atom. The van der Waals surface area contributed by atoms with Crippen molar-refractivity contribution >= 4 is 0 Å². The number of unbranched alkanes of at least 4 members (excludes halogenated alkanes) is 2. The summed E-state index contributed by atoms with van der Waals surface area (Å²) in [4.78, 5) is 7.41. The van der Waals surface area contributed by atoms with E-state index in [1.165, 1.54) is 51.7 Å². The van der Waals surface area contributed by atoms with Crippen molar-refractivity contribution in [2.45, 2.75) is 52.9 Å². The van der Waals surface area contributed by atoms with Crippen molar-refractivity contribution in [3.63, 3.8) is 0 Å². The second-order valence-electron chi connectivity index (χ2n) is 8.07. The molecule has 0 N–H and O–H groups in total. The van der Waals surface area contributed by atoms with Gasteiger partial charge in [-0.1, -0.05) is 33.6 Å². The predicted molar refractivity (Wildman–Crippen MR) is 122 cm³/mol. The van der Waals surface area contributed by atoms with Crippen LogP contribution in [0.2, 0.25) is 0 Å². The first kappa shape index (κ1) is 26.8. The van der Waals surface area contributed by atoms with Crippen LogP contribution in [0.1, 0.15) is 52.9 Å². The fourth-order valence-corrected chi connectivity index (χ4v) is 3.55. The largest absolute Gasteiger partial charge is 0.379 e. The molecule has 3 heterocycles. The minimum absolute atomic E-state index is 0.931. The van der Waals surface area contributed by atoms with Gasteiger partial charge in [0, 0.05) is 39.3 Å². The molecule has 3 aliphatic heterocycles. The zero-order valence-corrected chi connectivity index (χ0v) is 19.7. The van der Waals surface area contributed by atoms with Crippen molar-refractivity contribution in [3.8, 4) is 0 Å². The smallest absolute Gasteiger partial charge is 0.0594 e. The third kappa shape index (κ3) is 15.2. The van der Waals surface area contributed by atoms with E-state index in [-0.39, 0.29) is 0 Å². The third-order valence-electron chi connectivity index (χ3n) is 5.51. The summed E-state index contributed by atoms with van der Waals surface area (Å²) < 4.78 is 15.7. The normalized spacial score (nSPS) is 21.6. The van der Waals surface area contributed by atoms with Crippen molar-refractivity contribution < 1.29 is 14.2 Å². The van der Waals surface area contributed by atoms with E-state index < -0.39 is 0 Å². The van der Waals surface area contributed by atoms with Gasteiger partial charge in [0.15, 0.2) is 0 Å². The predicted octanol–water partition coefficient (Wildman–Crippen LogP) is 2.97. The van der Waals surface area contributed by atoms with Crippen molar-refractivity contribution in [2.24, 2.45) is 0 Å². The maximum Gasteiger partial charge on any atom is 0.0594 e. The molecule has 0 saturated carbocycles. The van der Waals surface area contributed by atoms with E-state index in [1.54, 1.807) is 0 Å². The van der Waals surface area contributed by atoms with E-state index in [4.69, 9.17) is 14.2 Å². The average molecular weight is 416 g/mol. The molecule has 0 spiro atoms. The van der Waals surface area contributed by atoms with Gasteiger partial charge in [-0.15, -0.1) is 0 Å². The second kappa shape index (κ2) is 19.7. The van der Waals surface area contributed by atoms with Crippen LogP contribution >= 0.6 is 0 Å². The number of ether oxygens (including phenoxy) is 3. The van der Waals surface area contributed by atoms with E-state index in [9.17, 15) is 0 Å². The Labute approximate surface area is 180 Å². The molecule has 3 rings (SSSR count). The summed E-state index contributed by atoms with van der Waals surface area (Å²) in [6.45, 7) is 22.9. The van der Waals surface area contributed by atoms with Gasteiger partial charge in [0.1, 0.15) is 0 Å². The number of morpholine rings is 3. The van der Waals surface area contributed by atoms with Crippen LogP contribution in [-0.2, 0) is 14.2 Å². The first-order valence-corrected chi connectivity index (χ1v) is 12.2. The molecular weight excluding hydrogens is 366 g/mol. The topological polar surface area (TPSA) is 37.4 Å². The Balaban J connectivity index is 0.000000218. The van der Waals surface area contributed by atoms with Gasteiger partial charge in [0.05, 0.1) is 39.6 Å². The van der Waals surface area contributed by atoms with Crippen LogP contribution in [0.4, 0.5) is 0 Å². The fraction of sp³-hybridized carbons (Fsp3) is 1.00. The molecule has 0 atom stereocenters. The van der Waals surface area contributed by atoms with Gasteiger partial charge in [-0.25, -0.2) is 0 Å². The zero-order chi connectivity index (χ0) is 21.0. The Morgan fingerprint density at radius 2 is 0.759 bits per heavy atom. The molecule has 0 aromatic rings. The summed E-state index contributed by atoms with van der Waals surface area (Å²) in [6, 6.07) is 0.